The molecule has 0 aliphatic carbocycles. The van der Waals surface area contributed by atoms with Crippen LogP contribution < -0.4 is 11.5 Å². The van der Waals surface area contributed by atoms with Gasteiger partial charge < -0.3 is 21.2 Å². The van der Waals surface area contributed by atoms with E-state index in [9.17, 15) is 4.79 Å². The summed E-state index contributed by atoms with van der Waals surface area (Å²) in [6, 6.07) is 20.5. The fourth-order valence-electron chi connectivity index (χ4n) is 3.94. The highest BCUT2D eigenvalue weighted by atomic mass is 16.5. The first-order chi connectivity index (χ1) is 15.4. The minimum atomic E-state index is -0.405. The Hall–Kier alpha value is -4.39. The number of H-pyrrole nitrogens is 1. The van der Waals surface area contributed by atoms with Crippen LogP contribution in [0.5, 0.6) is 0 Å². The van der Waals surface area contributed by atoms with E-state index in [1.165, 1.54) is 7.11 Å². The van der Waals surface area contributed by atoms with Gasteiger partial charge in [-0.2, -0.15) is 0 Å². The van der Waals surface area contributed by atoms with E-state index in [0.29, 0.717) is 16.7 Å². The van der Waals surface area contributed by atoms with Crippen molar-refractivity contribution in [3.8, 4) is 0 Å². The number of esters is 1. The molecule has 0 radical (unpaired) electrons. The fraction of sp³-hybridized carbons (Fsp3) is 0.0800. The second-order valence-corrected chi connectivity index (χ2v) is 7.51. The molecule has 160 valence electrons. The van der Waals surface area contributed by atoms with Gasteiger partial charge in [0.05, 0.1) is 12.7 Å². The van der Waals surface area contributed by atoms with Gasteiger partial charge >= 0.3 is 5.97 Å². The van der Waals surface area contributed by atoms with Crippen LogP contribution in [-0.4, -0.2) is 29.7 Å². The number of nitrogens with one attached hydrogen (secondary N) is 3. The predicted molar refractivity (Wildman–Crippen MR) is 125 cm³/mol. The maximum absolute atomic E-state index is 11.9. The van der Waals surface area contributed by atoms with Crippen molar-refractivity contribution in [3.05, 3.63) is 106 Å². The predicted octanol–water partition coefficient (Wildman–Crippen LogP) is 3.70. The molecule has 7 heteroatoms. The van der Waals surface area contributed by atoms with E-state index in [1.54, 1.807) is 18.2 Å². The first kappa shape index (κ1) is 20.9. The first-order valence-corrected chi connectivity index (χ1v) is 9.97. The van der Waals surface area contributed by atoms with Gasteiger partial charge in [0.15, 0.2) is 0 Å². The van der Waals surface area contributed by atoms with Crippen molar-refractivity contribution >= 4 is 28.5 Å². The zero-order valence-corrected chi connectivity index (χ0v) is 17.5. The number of carbonyl (C=O) groups excluding carboxylic acids is 1. The molecule has 32 heavy (non-hydrogen) atoms. The van der Waals surface area contributed by atoms with Gasteiger partial charge in [0.2, 0.25) is 0 Å². The van der Waals surface area contributed by atoms with Gasteiger partial charge in [0.1, 0.15) is 11.7 Å². The number of benzene rings is 3. The summed E-state index contributed by atoms with van der Waals surface area (Å²) < 4.78 is 4.82. The lowest BCUT2D eigenvalue weighted by Gasteiger charge is -2.20. The van der Waals surface area contributed by atoms with Crippen LogP contribution in [0.25, 0.3) is 10.9 Å². The average Bonchev–Trinajstić information content (AvgIpc) is 3.23. The monoisotopic (exact) mass is 425 g/mol. The minimum Gasteiger partial charge on any atom is -0.465 e. The Bertz CT molecular complexity index is 1310. The number of aromatic amines is 1. The number of fused-ring (bicyclic) bond motifs is 1. The van der Waals surface area contributed by atoms with Crippen molar-refractivity contribution in [1.29, 1.82) is 10.8 Å². The van der Waals surface area contributed by atoms with Crippen LogP contribution in [0.4, 0.5) is 0 Å². The SMILES string of the molecule is COC(=O)c1ccc(C(c2cc(C(=N)N)cc(C(=N)N)c2)c2c[nH]c3ccccc23)cc1. The number of ether oxygens (including phenoxy) is 1. The maximum atomic E-state index is 11.9. The molecule has 0 aliphatic heterocycles. The molecule has 1 atom stereocenters. The third kappa shape index (κ3) is 3.83. The molecule has 0 aliphatic rings. The highest BCUT2D eigenvalue weighted by molar-refractivity contribution is 6.01. The molecule has 0 spiro atoms. The lowest BCUT2D eigenvalue weighted by atomic mass is 9.83. The van der Waals surface area contributed by atoms with E-state index >= 15 is 0 Å². The van der Waals surface area contributed by atoms with Gasteiger partial charge in [-0.15, -0.1) is 0 Å². The summed E-state index contributed by atoms with van der Waals surface area (Å²) in [5, 5.41) is 16.9. The van der Waals surface area contributed by atoms with E-state index in [2.05, 4.69) is 4.98 Å². The Labute approximate surface area is 185 Å². The lowest BCUT2D eigenvalue weighted by Crippen LogP contribution is -2.17. The molecular formula is C25H23N5O2. The zero-order valence-electron chi connectivity index (χ0n) is 17.5. The van der Waals surface area contributed by atoms with Gasteiger partial charge in [-0.1, -0.05) is 30.3 Å². The lowest BCUT2D eigenvalue weighted by molar-refractivity contribution is 0.0600. The van der Waals surface area contributed by atoms with Gasteiger partial charge in [-0.25, -0.2) is 4.79 Å². The van der Waals surface area contributed by atoms with Crippen molar-refractivity contribution in [1.82, 2.24) is 4.98 Å². The number of nitrogen functional groups attached to an aromatic ring is 2. The van der Waals surface area contributed by atoms with Crippen LogP contribution in [0.2, 0.25) is 0 Å². The molecule has 0 saturated heterocycles. The van der Waals surface area contributed by atoms with E-state index in [1.807, 2.05) is 54.7 Å². The maximum Gasteiger partial charge on any atom is 0.337 e. The Morgan fingerprint density at radius 1 is 0.875 bits per heavy atom. The summed E-state index contributed by atoms with van der Waals surface area (Å²) in [5.74, 6) is -0.867. The Morgan fingerprint density at radius 2 is 1.50 bits per heavy atom. The zero-order chi connectivity index (χ0) is 22.8. The molecule has 1 heterocycles. The largest absolute Gasteiger partial charge is 0.465 e. The molecule has 0 bridgehead atoms. The smallest absolute Gasteiger partial charge is 0.337 e. The van der Waals surface area contributed by atoms with E-state index in [4.69, 9.17) is 27.0 Å². The summed E-state index contributed by atoms with van der Waals surface area (Å²) in [6.45, 7) is 0. The van der Waals surface area contributed by atoms with Crippen LogP contribution >= 0.6 is 0 Å². The number of hydrogen-bond donors (Lipinski definition) is 5. The topological polar surface area (TPSA) is 142 Å². The molecule has 4 rings (SSSR count). The highest BCUT2D eigenvalue weighted by Gasteiger charge is 2.22. The fourth-order valence-corrected chi connectivity index (χ4v) is 3.94. The minimum absolute atomic E-state index is 0.104. The van der Waals surface area contributed by atoms with E-state index < -0.39 is 5.97 Å². The molecule has 1 aromatic heterocycles. The van der Waals surface area contributed by atoms with Crippen molar-refractivity contribution in [2.45, 2.75) is 5.92 Å². The van der Waals surface area contributed by atoms with Gasteiger partial charge in [-0.3, -0.25) is 10.8 Å². The number of nitrogens with two attached hydrogens (primary N) is 2. The normalized spacial score (nSPS) is 11.8. The molecule has 7 N–H and O–H groups in total. The van der Waals surface area contributed by atoms with Crippen LogP contribution in [0.1, 0.15) is 44.1 Å². The van der Waals surface area contributed by atoms with E-state index in [-0.39, 0.29) is 17.6 Å². The number of rotatable bonds is 6. The van der Waals surface area contributed by atoms with Gasteiger partial charge in [0, 0.05) is 34.1 Å². The third-order valence-electron chi connectivity index (χ3n) is 5.51. The van der Waals surface area contributed by atoms with Gasteiger partial charge in [0.25, 0.3) is 0 Å². The molecule has 1 unspecified atom stereocenters. The number of para-hydroxylation sites is 1. The second-order valence-electron chi connectivity index (χ2n) is 7.51. The molecule has 0 amide bonds. The molecule has 0 fully saturated rings. The standard InChI is InChI=1S/C25H23N5O2/c1-32-25(31)15-8-6-14(7-9-15)22(20-13-30-21-5-3-2-4-19(20)21)16-10-17(23(26)27)12-18(11-16)24(28)29/h2-13,22,30H,1H3,(H3,26,27)(H3,28,29). The van der Waals surface area contributed by atoms with Crippen LogP contribution in [0, 0.1) is 10.8 Å². The summed E-state index contributed by atoms with van der Waals surface area (Å²) in [5.41, 5.74) is 16.8. The molecule has 0 saturated carbocycles. The second kappa shape index (κ2) is 8.39. The van der Waals surface area contributed by atoms with Crippen molar-refractivity contribution in [2.75, 3.05) is 7.11 Å². The summed E-state index contributed by atoms with van der Waals surface area (Å²) in [6.07, 6.45) is 1.96. The molecule has 7 nitrogen and oxygen atoms in total. The highest BCUT2D eigenvalue weighted by Crippen LogP contribution is 2.37. The van der Waals surface area contributed by atoms with Crippen molar-refractivity contribution < 1.29 is 9.53 Å². The summed E-state index contributed by atoms with van der Waals surface area (Å²) in [4.78, 5) is 15.2. The van der Waals surface area contributed by atoms with Crippen LogP contribution in [0.3, 0.4) is 0 Å². The van der Waals surface area contributed by atoms with Crippen LogP contribution in [0.15, 0.2) is 72.9 Å². The number of methoxy groups -OCH3 is 1. The molecule has 3 aromatic carbocycles. The summed E-state index contributed by atoms with van der Waals surface area (Å²) >= 11 is 0. The first-order valence-electron chi connectivity index (χ1n) is 9.97. The van der Waals surface area contributed by atoms with Crippen molar-refractivity contribution in [3.63, 3.8) is 0 Å². The molecule has 4 aromatic rings. The summed E-state index contributed by atoms with van der Waals surface area (Å²) in [7, 11) is 1.35. The van der Waals surface area contributed by atoms with Crippen LogP contribution in [-0.2, 0) is 4.74 Å². The number of aromatic nitrogens is 1. The van der Waals surface area contributed by atoms with Gasteiger partial charge in [-0.05, 0) is 53.1 Å². The molecular weight excluding hydrogens is 402 g/mol. The Balaban J connectivity index is 1.96. The number of amidine groups is 2. The number of hydrogen-bond acceptors (Lipinski definition) is 4. The Kier molecular flexibility index (Phi) is 5.47. The van der Waals surface area contributed by atoms with Crippen molar-refractivity contribution in [2.24, 2.45) is 11.5 Å². The average molecular weight is 425 g/mol. The quantitative estimate of drug-likeness (QED) is 0.182. The number of carbonyl (C=O) groups is 1. The van der Waals surface area contributed by atoms with E-state index in [0.717, 1.165) is 27.6 Å². The third-order valence-corrected chi connectivity index (χ3v) is 5.51. The Morgan fingerprint density at radius 3 is 2.09 bits per heavy atom.